The molecule has 0 saturated heterocycles. The van der Waals surface area contributed by atoms with Crippen molar-refractivity contribution in [2.45, 2.75) is 111 Å². The Labute approximate surface area is 144 Å². The summed E-state index contributed by atoms with van der Waals surface area (Å²) in [6.07, 6.45) is 14.8. The lowest BCUT2D eigenvalue weighted by Crippen LogP contribution is -2.39. The van der Waals surface area contributed by atoms with Gasteiger partial charge in [-0.15, -0.1) is 0 Å². The summed E-state index contributed by atoms with van der Waals surface area (Å²) in [4.78, 5) is 11.7. The Morgan fingerprint density at radius 1 is 0.870 bits per heavy atom. The van der Waals surface area contributed by atoms with E-state index in [0.717, 1.165) is 12.8 Å². The van der Waals surface area contributed by atoms with E-state index in [2.05, 4.69) is 27.7 Å². The third-order valence-corrected chi connectivity index (χ3v) is 4.52. The molecule has 1 atom stereocenters. The summed E-state index contributed by atoms with van der Waals surface area (Å²) in [5, 5.41) is 0. The number of unbranched alkanes of at least 4 members (excludes halogenated alkanes) is 10. The minimum atomic E-state index is -0.0966. The van der Waals surface area contributed by atoms with E-state index in [0.29, 0.717) is 13.0 Å². The van der Waals surface area contributed by atoms with Crippen LogP contribution in [0.2, 0.25) is 0 Å². The molecule has 0 rings (SSSR count). The molecule has 1 unspecified atom stereocenters. The number of esters is 1. The summed E-state index contributed by atoms with van der Waals surface area (Å²) in [5.41, 5.74) is 5.97. The molecule has 0 heterocycles. The first-order valence-electron chi connectivity index (χ1n) is 9.79. The normalized spacial score (nSPS) is 13.1. The number of ether oxygens (including phenoxy) is 1. The highest BCUT2D eigenvalue weighted by molar-refractivity contribution is 5.69. The SMILES string of the molecule is CCCCCCCCCCCCCC(=O)OCC(N)C(C)(C)C. The van der Waals surface area contributed by atoms with Crippen molar-refractivity contribution in [2.24, 2.45) is 11.1 Å². The molecule has 0 aliphatic heterocycles. The van der Waals surface area contributed by atoms with Crippen molar-refractivity contribution in [3.8, 4) is 0 Å². The monoisotopic (exact) mass is 327 g/mol. The van der Waals surface area contributed by atoms with Gasteiger partial charge in [0.1, 0.15) is 6.61 Å². The predicted octanol–water partition coefficient (Wildman–Crippen LogP) is 5.60. The first-order chi connectivity index (χ1) is 10.9. The number of nitrogens with two attached hydrogens (primary N) is 1. The molecule has 0 aliphatic carbocycles. The fourth-order valence-electron chi connectivity index (χ4n) is 2.44. The van der Waals surface area contributed by atoms with Crippen LogP contribution in [0, 0.1) is 5.41 Å². The molecule has 23 heavy (non-hydrogen) atoms. The van der Waals surface area contributed by atoms with E-state index < -0.39 is 0 Å². The van der Waals surface area contributed by atoms with Crippen LogP contribution in [0.25, 0.3) is 0 Å². The summed E-state index contributed by atoms with van der Waals surface area (Å²) in [7, 11) is 0. The molecule has 0 aromatic carbocycles. The fraction of sp³-hybridized carbons (Fsp3) is 0.950. The van der Waals surface area contributed by atoms with Crippen LogP contribution in [-0.2, 0) is 9.53 Å². The topological polar surface area (TPSA) is 52.3 Å². The van der Waals surface area contributed by atoms with Crippen LogP contribution in [0.5, 0.6) is 0 Å². The highest BCUT2D eigenvalue weighted by Gasteiger charge is 2.21. The van der Waals surface area contributed by atoms with Gasteiger partial charge in [0.15, 0.2) is 0 Å². The summed E-state index contributed by atoms with van der Waals surface area (Å²) in [6.45, 7) is 8.79. The molecular weight excluding hydrogens is 286 g/mol. The van der Waals surface area contributed by atoms with Crippen LogP contribution < -0.4 is 5.73 Å². The molecule has 0 aromatic rings. The van der Waals surface area contributed by atoms with Crippen LogP contribution in [0.4, 0.5) is 0 Å². The van der Waals surface area contributed by atoms with Crippen LogP contribution in [0.15, 0.2) is 0 Å². The number of carbonyl (C=O) groups excluding carboxylic acids is 1. The van der Waals surface area contributed by atoms with Gasteiger partial charge in [0.25, 0.3) is 0 Å². The molecule has 138 valence electrons. The average molecular weight is 328 g/mol. The lowest BCUT2D eigenvalue weighted by atomic mass is 9.88. The van der Waals surface area contributed by atoms with Crippen molar-refractivity contribution in [3.63, 3.8) is 0 Å². The van der Waals surface area contributed by atoms with Crippen molar-refractivity contribution in [1.29, 1.82) is 0 Å². The quantitative estimate of drug-likeness (QED) is 0.333. The second-order valence-corrected chi connectivity index (χ2v) is 7.94. The van der Waals surface area contributed by atoms with Gasteiger partial charge in [-0.1, -0.05) is 91.9 Å². The van der Waals surface area contributed by atoms with E-state index in [1.165, 1.54) is 57.8 Å². The molecule has 0 bridgehead atoms. The van der Waals surface area contributed by atoms with E-state index in [9.17, 15) is 4.79 Å². The molecule has 2 N–H and O–H groups in total. The molecule has 0 aliphatic rings. The largest absolute Gasteiger partial charge is 0.464 e. The molecule has 0 fully saturated rings. The second-order valence-electron chi connectivity index (χ2n) is 7.94. The van der Waals surface area contributed by atoms with Gasteiger partial charge < -0.3 is 10.5 Å². The Balaban J connectivity index is 3.33. The molecule has 0 radical (unpaired) electrons. The minimum Gasteiger partial charge on any atom is -0.464 e. The van der Waals surface area contributed by atoms with Gasteiger partial charge in [-0.05, 0) is 11.8 Å². The smallest absolute Gasteiger partial charge is 0.305 e. The molecule has 0 aromatic heterocycles. The minimum absolute atomic E-state index is 0.0170. The molecule has 3 nitrogen and oxygen atoms in total. The average Bonchev–Trinajstić information content (AvgIpc) is 2.49. The first kappa shape index (κ1) is 22.4. The third-order valence-electron chi connectivity index (χ3n) is 4.52. The van der Waals surface area contributed by atoms with E-state index in [4.69, 9.17) is 10.5 Å². The van der Waals surface area contributed by atoms with Gasteiger partial charge in [-0.3, -0.25) is 4.79 Å². The van der Waals surface area contributed by atoms with E-state index in [-0.39, 0.29) is 17.4 Å². The second kappa shape index (κ2) is 13.8. The number of hydrogen-bond acceptors (Lipinski definition) is 3. The van der Waals surface area contributed by atoms with Crippen LogP contribution >= 0.6 is 0 Å². The maximum absolute atomic E-state index is 11.7. The summed E-state index contributed by atoms with van der Waals surface area (Å²) in [5.74, 6) is -0.0966. The van der Waals surface area contributed by atoms with E-state index >= 15 is 0 Å². The third kappa shape index (κ3) is 14.7. The zero-order valence-electron chi connectivity index (χ0n) is 16.2. The van der Waals surface area contributed by atoms with Crippen molar-refractivity contribution in [1.82, 2.24) is 0 Å². The molecule has 3 heteroatoms. The maximum atomic E-state index is 11.7. The highest BCUT2D eigenvalue weighted by Crippen LogP contribution is 2.17. The Kier molecular flexibility index (Phi) is 13.5. The molecule has 0 spiro atoms. The van der Waals surface area contributed by atoms with Gasteiger partial charge in [0, 0.05) is 12.5 Å². The Morgan fingerprint density at radius 3 is 1.74 bits per heavy atom. The van der Waals surface area contributed by atoms with Crippen LogP contribution in [0.1, 0.15) is 105 Å². The van der Waals surface area contributed by atoms with E-state index in [1.807, 2.05) is 0 Å². The van der Waals surface area contributed by atoms with Crippen molar-refractivity contribution in [2.75, 3.05) is 6.61 Å². The number of hydrogen-bond donors (Lipinski definition) is 1. The Hall–Kier alpha value is -0.570. The van der Waals surface area contributed by atoms with Gasteiger partial charge in [-0.25, -0.2) is 0 Å². The predicted molar refractivity (Wildman–Crippen MR) is 99.5 cm³/mol. The number of rotatable bonds is 14. The highest BCUT2D eigenvalue weighted by atomic mass is 16.5. The standard InChI is InChI=1S/C20H41NO2/c1-5-6-7-8-9-10-11-12-13-14-15-16-19(22)23-17-18(21)20(2,3)4/h18H,5-17,21H2,1-4H3. The summed E-state index contributed by atoms with van der Waals surface area (Å²) >= 11 is 0. The van der Waals surface area contributed by atoms with Gasteiger partial charge in [0.05, 0.1) is 0 Å². The Bertz CT molecular complexity index is 284. The van der Waals surface area contributed by atoms with Gasteiger partial charge in [-0.2, -0.15) is 0 Å². The molecule has 0 amide bonds. The van der Waals surface area contributed by atoms with Crippen molar-refractivity contribution >= 4 is 5.97 Å². The zero-order valence-corrected chi connectivity index (χ0v) is 16.2. The Morgan fingerprint density at radius 2 is 1.30 bits per heavy atom. The maximum Gasteiger partial charge on any atom is 0.305 e. The van der Waals surface area contributed by atoms with Gasteiger partial charge >= 0.3 is 5.97 Å². The molecular formula is C20H41NO2. The summed E-state index contributed by atoms with van der Waals surface area (Å²) < 4.78 is 5.26. The zero-order chi connectivity index (χ0) is 17.6. The molecule has 0 saturated carbocycles. The summed E-state index contributed by atoms with van der Waals surface area (Å²) in [6, 6.07) is -0.0937. The van der Waals surface area contributed by atoms with Crippen molar-refractivity contribution in [3.05, 3.63) is 0 Å². The first-order valence-corrected chi connectivity index (χ1v) is 9.79. The van der Waals surface area contributed by atoms with Crippen molar-refractivity contribution < 1.29 is 9.53 Å². The lowest BCUT2D eigenvalue weighted by molar-refractivity contribution is -0.144. The fourth-order valence-corrected chi connectivity index (χ4v) is 2.44. The lowest BCUT2D eigenvalue weighted by Gasteiger charge is -2.26. The van der Waals surface area contributed by atoms with E-state index in [1.54, 1.807) is 0 Å². The number of carbonyl (C=O) groups is 1. The van der Waals surface area contributed by atoms with Gasteiger partial charge in [0.2, 0.25) is 0 Å². The van der Waals surface area contributed by atoms with Crippen LogP contribution in [0.3, 0.4) is 0 Å². The van der Waals surface area contributed by atoms with Crippen LogP contribution in [-0.4, -0.2) is 18.6 Å².